The first-order valence-electron chi connectivity index (χ1n) is 9.44. The lowest BCUT2D eigenvalue weighted by Gasteiger charge is -2.17. The zero-order chi connectivity index (χ0) is 19.3. The Bertz CT molecular complexity index is 954. The highest BCUT2D eigenvalue weighted by molar-refractivity contribution is 5.84. The van der Waals surface area contributed by atoms with E-state index < -0.39 is 6.04 Å². The second-order valence-electron chi connectivity index (χ2n) is 6.78. The molecule has 8 heteroatoms. The maximum atomic E-state index is 12.7. The standard InChI is InChI=1S/C20H23N7O/c1-2-18(23-20-24-25-26-27(20)17-6-4-3-5-7-17)19(28)22-11-14-8-9-15-12-21-13-16(15)10-14/h3-10,18,21H,2,11-13H2,1H3,(H,22,28)(H,23,24,26). The van der Waals surface area contributed by atoms with Crippen molar-refractivity contribution in [3.05, 3.63) is 65.2 Å². The molecule has 8 nitrogen and oxygen atoms in total. The van der Waals surface area contributed by atoms with E-state index in [0.717, 1.165) is 24.3 Å². The number of rotatable bonds is 7. The van der Waals surface area contributed by atoms with Crippen LogP contribution in [0.5, 0.6) is 0 Å². The van der Waals surface area contributed by atoms with Gasteiger partial charge in [-0.1, -0.05) is 48.4 Å². The number of carbonyl (C=O) groups excluding carboxylic acids is 1. The van der Waals surface area contributed by atoms with Crippen molar-refractivity contribution in [1.82, 2.24) is 30.8 Å². The topological polar surface area (TPSA) is 96.8 Å². The van der Waals surface area contributed by atoms with Gasteiger partial charge in [0.25, 0.3) is 0 Å². The number of nitrogens with one attached hydrogen (secondary N) is 3. The summed E-state index contributed by atoms with van der Waals surface area (Å²) < 4.78 is 1.59. The van der Waals surface area contributed by atoms with Crippen LogP contribution in [0.1, 0.15) is 30.0 Å². The van der Waals surface area contributed by atoms with E-state index in [1.807, 2.05) is 37.3 Å². The minimum atomic E-state index is -0.426. The number of benzene rings is 2. The van der Waals surface area contributed by atoms with Crippen molar-refractivity contribution in [1.29, 1.82) is 0 Å². The van der Waals surface area contributed by atoms with E-state index in [2.05, 4.69) is 49.7 Å². The zero-order valence-electron chi connectivity index (χ0n) is 15.7. The number of hydrogen-bond acceptors (Lipinski definition) is 6. The van der Waals surface area contributed by atoms with Gasteiger partial charge in [0, 0.05) is 19.6 Å². The molecule has 2 aromatic carbocycles. The number of fused-ring (bicyclic) bond motifs is 1. The first-order chi connectivity index (χ1) is 13.7. The maximum absolute atomic E-state index is 12.7. The summed E-state index contributed by atoms with van der Waals surface area (Å²) in [4.78, 5) is 12.7. The summed E-state index contributed by atoms with van der Waals surface area (Å²) in [6.07, 6.45) is 0.613. The molecule has 2 heterocycles. The molecule has 0 radical (unpaired) electrons. The molecule has 3 aromatic rings. The van der Waals surface area contributed by atoms with Gasteiger partial charge in [0.05, 0.1) is 5.69 Å². The fourth-order valence-corrected chi connectivity index (χ4v) is 3.30. The van der Waals surface area contributed by atoms with Gasteiger partial charge in [-0.05, 0) is 45.7 Å². The van der Waals surface area contributed by atoms with Crippen LogP contribution in [0, 0.1) is 0 Å². The van der Waals surface area contributed by atoms with E-state index in [1.54, 1.807) is 4.68 Å². The van der Waals surface area contributed by atoms with Gasteiger partial charge < -0.3 is 16.0 Å². The largest absolute Gasteiger partial charge is 0.350 e. The molecular formula is C20H23N7O. The predicted octanol–water partition coefficient (Wildman–Crippen LogP) is 1.77. The molecule has 0 saturated carbocycles. The summed E-state index contributed by atoms with van der Waals surface area (Å²) in [5.41, 5.74) is 4.56. The molecule has 3 N–H and O–H groups in total. The summed E-state index contributed by atoms with van der Waals surface area (Å²) in [7, 11) is 0. The third-order valence-corrected chi connectivity index (χ3v) is 4.87. The molecule has 1 amide bonds. The van der Waals surface area contributed by atoms with E-state index in [9.17, 15) is 4.79 Å². The maximum Gasteiger partial charge on any atom is 0.248 e. The zero-order valence-corrected chi connectivity index (χ0v) is 15.7. The highest BCUT2D eigenvalue weighted by atomic mass is 16.2. The number of aromatic nitrogens is 4. The lowest BCUT2D eigenvalue weighted by Crippen LogP contribution is -2.39. The Labute approximate surface area is 163 Å². The average Bonchev–Trinajstić information content (AvgIpc) is 3.39. The molecule has 0 saturated heterocycles. The molecule has 4 rings (SSSR count). The first kappa shape index (κ1) is 18.1. The van der Waals surface area contributed by atoms with Gasteiger partial charge >= 0.3 is 0 Å². The molecule has 0 aliphatic carbocycles. The molecule has 144 valence electrons. The number of para-hydroxylation sites is 1. The van der Waals surface area contributed by atoms with Gasteiger partial charge in [-0.3, -0.25) is 4.79 Å². The lowest BCUT2D eigenvalue weighted by molar-refractivity contribution is -0.122. The second kappa shape index (κ2) is 8.18. The van der Waals surface area contributed by atoms with Crippen LogP contribution in [0.3, 0.4) is 0 Å². The Morgan fingerprint density at radius 1 is 1.18 bits per heavy atom. The number of anilines is 1. The number of amides is 1. The average molecular weight is 377 g/mol. The summed E-state index contributed by atoms with van der Waals surface area (Å²) in [5, 5.41) is 21.3. The Hall–Kier alpha value is -3.26. The van der Waals surface area contributed by atoms with E-state index in [1.165, 1.54) is 11.1 Å². The van der Waals surface area contributed by atoms with Crippen LogP contribution >= 0.6 is 0 Å². The van der Waals surface area contributed by atoms with Crippen molar-refractivity contribution in [2.75, 3.05) is 5.32 Å². The number of tetrazole rings is 1. The van der Waals surface area contributed by atoms with Crippen molar-refractivity contribution in [3.8, 4) is 5.69 Å². The van der Waals surface area contributed by atoms with Gasteiger partial charge in [-0.25, -0.2) is 0 Å². The Morgan fingerprint density at radius 3 is 2.82 bits per heavy atom. The Morgan fingerprint density at radius 2 is 2.00 bits per heavy atom. The van der Waals surface area contributed by atoms with Crippen LogP contribution in [-0.4, -0.2) is 32.2 Å². The first-order valence-corrected chi connectivity index (χ1v) is 9.44. The molecule has 1 aliphatic rings. The van der Waals surface area contributed by atoms with Gasteiger partial charge in [0.2, 0.25) is 11.9 Å². The summed E-state index contributed by atoms with van der Waals surface area (Å²) in [6, 6.07) is 15.5. The van der Waals surface area contributed by atoms with E-state index in [4.69, 9.17) is 0 Å². The summed E-state index contributed by atoms with van der Waals surface area (Å²) >= 11 is 0. The van der Waals surface area contributed by atoms with Crippen molar-refractivity contribution in [2.45, 2.75) is 39.0 Å². The molecule has 1 aliphatic heterocycles. The molecule has 0 fully saturated rings. The molecular weight excluding hydrogens is 354 g/mol. The molecule has 1 aromatic heterocycles. The van der Waals surface area contributed by atoms with Gasteiger partial charge in [-0.15, -0.1) is 0 Å². The quantitative estimate of drug-likeness (QED) is 0.581. The fourth-order valence-electron chi connectivity index (χ4n) is 3.30. The minimum absolute atomic E-state index is 0.0799. The van der Waals surface area contributed by atoms with E-state index >= 15 is 0 Å². The van der Waals surface area contributed by atoms with E-state index in [0.29, 0.717) is 18.9 Å². The highest BCUT2D eigenvalue weighted by Crippen LogP contribution is 2.17. The van der Waals surface area contributed by atoms with Crippen molar-refractivity contribution < 1.29 is 4.79 Å². The van der Waals surface area contributed by atoms with Gasteiger partial charge in [-0.2, -0.15) is 4.68 Å². The normalized spacial score (nSPS) is 13.8. The van der Waals surface area contributed by atoms with Crippen molar-refractivity contribution in [2.24, 2.45) is 0 Å². The highest BCUT2D eigenvalue weighted by Gasteiger charge is 2.20. The molecule has 1 unspecified atom stereocenters. The second-order valence-corrected chi connectivity index (χ2v) is 6.78. The fraction of sp³-hybridized carbons (Fsp3) is 0.300. The van der Waals surface area contributed by atoms with Crippen LogP contribution in [0.2, 0.25) is 0 Å². The third kappa shape index (κ3) is 3.86. The number of carbonyl (C=O) groups is 1. The van der Waals surface area contributed by atoms with E-state index in [-0.39, 0.29) is 5.91 Å². The molecule has 0 bridgehead atoms. The Kier molecular flexibility index (Phi) is 5.29. The van der Waals surface area contributed by atoms with Gasteiger partial charge in [0.15, 0.2) is 0 Å². The molecule has 1 atom stereocenters. The number of nitrogens with zero attached hydrogens (tertiary/aromatic N) is 4. The molecule has 0 spiro atoms. The van der Waals surface area contributed by atoms with Crippen LogP contribution in [-0.2, 0) is 24.4 Å². The summed E-state index contributed by atoms with van der Waals surface area (Å²) in [5.74, 6) is 0.362. The van der Waals surface area contributed by atoms with Crippen LogP contribution in [0.25, 0.3) is 5.69 Å². The number of hydrogen-bond donors (Lipinski definition) is 3. The predicted molar refractivity (Wildman–Crippen MR) is 106 cm³/mol. The van der Waals surface area contributed by atoms with Gasteiger partial charge in [0.1, 0.15) is 6.04 Å². The molecule has 28 heavy (non-hydrogen) atoms. The van der Waals surface area contributed by atoms with Crippen LogP contribution < -0.4 is 16.0 Å². The van der Waals surface area contributed by atoms with Crippen molar-refractivity contribution >= 4 is 11.9 Å². The lowest BCUT2D eigenvalue weighted by atomic mass is 10.1. The Balaban J connectivity index is 1.40. The monoisotopic (exact) mass is 377 g/mol. The SMILES string of the molecule is CCC(Nc1nnnn1-c1ccccc1)C(=O)NCc1ccc2c(c1)CNC2. The minimum Gasteiger partial charge on any atom is -0.350 e. The smallest absolute Gasteiger partial charge is 0.248 e. The van der Waals surface area contributed by atoms with Crippen molar-refractivity contribution in [3.63, 3.8) is 0 Å². The summed E-state index contributed by atoms with van der Waals surface area (Å²) in [6.45, 7) is 4.25. The van der Waals surface area contributed by atoms with Crippen LogP contribution in [0.15, 0.2) is 48.5 Å². The third-order valence-electron chi connectivity index (χ3n) is 4.87. The van der Waals surface area contributed by atoms with Crippen LogP contribution in [0.4, 0.5) is 5.95 Å².